The highest BCUT2D eigenvalue weighted by atomic mass is 35.5. The lowest BCUT2D eigenvalue weighted by molar-refractivity contribution is 0.0691. The van der Waals surface area contributed by atoms with Crippen molar-refractivity contribution < 1.29 is 15.0 Å². The fourth-order valence-corrected chi connectivity index (χ4v) is 4.05. The van der Waals surface area contributed by atoms with Gasteiger partial charge in [0.05, 0.1) is 18.4 Å². The molecular formula is C18H23ClN4O4. The molecule has 0 spiro atoms. The Morgan fingerprint density at radius 1 is 1.19 bits per heavy atom. The summed E-state index contributed by atoms with van der Waals surface area (Å²) in [7, 11) is 0. The summed E-state index contributed by atoms with van der Waals surface area (Å²) < 4.78 is 1.98. The molecule has 0 saturated carbocycles. The lowest BCUT2D eigenvalue weighted by atomic mass is 10.0. The highest BCUT2D eigenvalue weighted by Crippen LogP contribution is 2.35. The molecule has 1 aliphatic heterocycles. The van der Waals surface area contributed by atoms with Gasteiger partial charge in [0.25, 0.3) is 5.56 Å². The zero-order valence-corrected chi connectivity index (χ0v) is 15.7. The summed E-state index contributed by atoms with van der Waals surface area (Å²) in [5.41, 5.74) is 1.42. The number of rotatable bonds is 4. The summed E-state index contributed by atoms with van der Waals surface area (Å²) in [6.07, 6.45) is 6.24. The Labute approximate surface area is 162 Å². The van der Waals surface area contributed by atoms with Gasteiger partial charge in [0, 0.05) is 23.4 Å². The van der Waals surface area contributed by atoms with E-state index in [1.165, 1.54) is 12.8 Å². The molecular weight excluding hydrogens is 372 g/mol. The summed E-state index contributed by atoms with van der Waals surface area (Å²) in [6.45, 7) is 3.99. The molecule has 3 N–H and O–H groups in total. The first kappa shape index (κ1) is 19.4. The van der Waals surface area contributed by atoms with E-state index in [0.29, 0.717) is 17.7 Å². The number of aromatic hydroxyl groups is 1. The molecule has 2 aromatic rings. The predicted molar refractivity (Wildman–Crippen MR) is 102 cm³/mol. The van der Waals surface area contributed by atoms with Crippen molar-refractivity contribution in [2.24, 2.45) is 0 Å². The van der Waals surface area contributed by atoms with Gasteiger partial charge < -0.3 is 20.1 Å². The SMILES string of the molecule is Cl.O=C(O)c1c(O)c2c([nH]c1=O)-c1cnn(CCN3CCCC3)c1CCC2. The maximum Gasteiger partial charge on any atom is 0.345 e. The van der Waals surface area contributed by atoms with E-state index in [9.17, 15) is 19.8 Å². The van der Waals surface area contributed by atoms with Gasteiger partial charge in [0.2, 0.25) is 0 Å². The standard InChI is InChI=1S/C18H22N4O4.ClH/c23-16-11-4-3-5-13-12(15(11)20-17(24)14(16)18(25)26)10-19-22(13)9-8-21-6-1-2-7-21;/h10H,1-9H2,(H,25,26)(H2,20,23,24);1H. The number of pyridine rings is 1. The molecule has 9 heteroatoms. The van der Waals surface area contributed by atoms with Gasteiger partial charge in [-0.1, -0.05) is 0 Å². The lowest BCUT2D eigenvalue weighted by Gasteiger charge is -2.15. The average Bonchev–Trinajstić information content (AvgIpc) is 3.20. The van der Waals surface area contributed by atoms with Crippen molar-refractivity contribution in [2.45, 2.75) is 38.6 Å². The largest absolute Gasteiger partial charge is 0.506 e. The number of H-pyrrole nitrogens is 1. The molecule has 0 aromatic carbocycles. The Balaban J connectivity index is 0.00000210. The van der Waals surface area contributed by atoms with Crippen LogP contribution in [0.25, 0.3) is 11.3 Å². The smallest absolute Gasteiger partial charge is 0.345 e. The Kier molecular flexibility index (Phi) is 5.57. The second-order valence-corrected chi connectivity index (χ2v) is 6.97. The maximum atomic E-state index is 12.2. The number of halogens is 1. The van der Waals surface area contributed by atoms with Crippen LogP contribution >= 0.6 is 12.4 Å². The third-order valence-electron chi connectivity index (χ3n) is 5.39. The molecule has 0 amide bonds. The zero-order valence-electron chi connectivity index (χ0n) is 14.9. The molecule has 0 unspecified atom stereocenters. The lowest BCUT2D eigenvalue weighted by Crippen LogP contribution is -2.25. The molecule has 0 radical (unpaired) electrons. The van der Waals surface area contributed by atoms with E-state index in [2.05, 4.69) is 15.0 Å². The number of aromatic carboxylic acids is 1. The molecule has 27 heavy (non-hydrogen) atoms. The first-order valence-corrected chi connectivity index (χ1v) is 9.05. The Bertz CT molecular complexity index is 915. The van der Waals surface area contributed by atoms with E-state index in [0.717, 1.165) is 50.3 Å². The van der Waals surface area contributed by atoms with Gasteiger partial charge in [-0.3, -0.25) is 9.48 Å². The first-order chi connectivity index (χ1) is 12.6. The van der Waals surface area contributed by atoms with Gasteiger partial charge in [0.1, 0.15) is 5.75 Å². The molecule has 4 rings (SSSR count). The van der Waals surface area contributed by atoms with Crippen molar-refractivity contribution in [3.05, 3.63) is 33.4 Å². The average molecular weight is 395 g/mol. The molecule has 0 bridgehead atoms. The van der Waals surface area contributed by atoms with Crippen LogP contribution in [0.4, 0.5) is 0 Å². The molecule has 0 atom stereocenters. The number of nitrogens with zero attached hydrogens (tertiary/aromatic N) is 3. The second kappa shape index (κ2) is 7.74. The van der Waals surface area contributed by atoms with Crippen molar-refractivity contribution in [1.29, 1.82) is 0 Å². The minimum absolute atomic E-state index is 0. The van der Waals surface area contributed by atoms with Crippen LogP contribution in [0, 0.1) is 0 Å². The molecule has 1 fully saturated rings. The van der Waals surface area contributed by atoms with Crippen LogP contribution in [-0.2, 0) is 19.4 Å². The maximum absolute atomic E-state index is 12.2. The molecule has 1 aliphatic carbocycles. The van der Waals surface area contributed by atoms with Crippen LogP contribution in [0.2, 0.25) is 0 Å². The quantitative estimate of drug-likeness (QED) is 0.727. The Morgan fingerprint density at radius 3 is 2.63 bits per heavy atom. The van der Waals surface area contributed by atoms with E-state index < -0.39 is 22.8 Å². The number of likely N-dealkylation sites (tertiary alicyclic amines) is 1. The highest BCUT2D eigenvalue weighted by molar-refractivity contribution is 5.92. The van der Waals surface area contributed by atoms with Crippen molar-refractivity contribution in [3.8, 4) is 17.0 Å². The summed E-state index contributed by atoms with van der Waals surface area (Å²) in [5, 5.41) is 24.0. The van der Waals surface area contributed by atoms with E-state index in [1.807, 2.05) is 4.68 Å². The predicted octanol–water partition coefficient (Wildman–Crippen LogP) is 1.65. The third-order valence-corrected chi connectivity index (χ3v) is 5.39. The number of carbonyl (C=O) groups is 1. The number of hydrogen-bond donors (Lipinski definition) is 3. The second-order valence-electron chi connectivity index (χ2n) is 6.97. The number of aromatic nitrogens is 3. The normalized spacial score (nSPS) is 16.3. The monoisotopic (exact) mass is 394 g/mol. The summed E-state index contributed by atoms with van der Waals surface area (Å²) >= 11 is 0. The van der Waals surface area contributed by atoms with Crippen molar-refractivity contribution in [3.63, 3.8) is 0 Å². The number of carboxylic acids is 1. The van der Waals surface area contributed by atoms with Gasteiger partial charge >= 0.3 is 5.97 Å². The number of aromatic amines is 1. The molecule has 146 valence electrons. The van der Waals surface area contributed by atoms with Crippen molar-refractivity contribution in [2.75, 3.05) is 19.6 Å². The van der Waals surface area contributed by atoms with Crippen LogP contribution in [0.15, 0.2) is 11.0 Å². The number of fused-ring (bicyclic) bond motifs is 3. The Morgan fingerprint density at radius 2 is 1.93 bits per heavy atom. The van der Waals surface area contributed by atoms with E-state index in [1.54, 1.807) is 6.20 Å². The van der Waals surface area contributed by atoms with E-state index in [-0.39, 0.29) is 12.4 Å². The number of nitrogens with one attached hydrogen (secondary N) is 1. The fourth-order valence-electron chi connectivity index (χ4n) is 4.05. The van der Waals surface area contributed by atoms with E-state index in [4.69, 9.17) is 0 Å². The summed E-state index contributed by atoms with van der Waals surface area (Å²) in [6, 6.07) is 0. The minimum Gasteiger partial charge on any atom is -0.506 e. The van der Waals surface area contributed by atoms with Crippen LogP contribution in [0.1, 0.15) is 40.9 Å². The van der Waals surface area contributed by atoms with Gasteiger partial charge in [-0.25, -0.2) is 4.79 Å². The molecule has 2 aromatic heterocycles. The number of carboxylic acid groups (broad SMARTS) is 1. The molecule has 1 saturated heterocycles. The fraction of sp³-hybridized carbons (Fsp3) is 0.500. The van der Waals surface area contributed by atoms with Crippen LogP contribution in [0.3, 0.4) is 0 Å². The first-order valence-electron chi connectivity index (χ1n) is 9.05. The van der Waals surface area contributed by atoms with E-state index >= 15 is 0 Å². The van der Waals surface area contributed by atoms with Crippen molar-refractivity contribution >= 4 is 18.4 Å². The van der Waals surface area contributed by atoms with Crippen molar-refractivity contribution in [1.82, 2.24) is 19.7 Å². The van der Waals surface area contributed by atoms with Crippen LogP contribution in [0.5, 0.6) is 5.75 Å². The van der Waals surface area contributed by atoms with Crippen LogP contribution < -0.4 is 5.56 Å². The summed E-state index contributed by atoms with van der Waals surface area (Å²) in [4.78, 5) is 28.5. The molecule has 2 aliphatic rings. The minimum atomic E-state index is -1.42. The Hall–Kier alpha value is -2.32. The van der Waals surface area contributed by atoms with Crippen LogP contribution in [-0.4, -0.2) is 55.5 Å². The summed E-state index contributed by atoms with van der Waals surface area (Å²) in [5.74, 6) is -1.84. The third kappa shape index (κ3) is 3.46. The van der Waals surface area contributed by atoms with Gasteiger partial charge in [-0.2, -0.15) is 5.10 Å². The number of hydrogen-bond acceptors (Lipinski definition) is 5. The zero-order chi connectivity index (χ0) is 18.3. The van der Waals surface area contributed by atoms with Gasteiger partial charge in [-0.05, 0) is 45.2 Å². The molecule has 8 nitrogen and oxygen atoms in total. The van der Waals surface area contributed by atoms with Gasteiger partial charge in [-0.15, -0.1) is 12.4 Å². The molecule has 3 heterocycles. The topological polar surface area (TPSA) is 111 Å². The van der Waals surface area contributed by atoms with Gasteiger partial charge in [0.15, 0.2) is 5.56 Å². The highest BCUT2D eigenvalue weighted by Gasteiger charge is 2.27.